The Morgan fingerprint density at radius 3 is 2.04 bits per heavy atom. The number of halogens is 2. The maximum atomic E-state index is 5.36. The second kappa shape index (κ2) is 9.55. The van der Waals surface area contributed by atoms with Crippen molar-refractivity contribution in [1.29, 1.82) is 0 Å². The summed E-state index contributed by atoms with van der Waals surface area (Å²) in [5.41, 5.74) is 3.13. The first-order valence-corrected chi connectivity index (χ1v) is 8.17. The quantitative estimate of drug-likeness (QED) is 0.602. The van der Waals surface area contributed by atoms with E-state index in [2.05, 4.69) is 48.1 Å². The number of fused-ring (bicyclic) bond motifs is 1. The molecule has 0 spiro atoms. The molecule has 0 unspecified atom stereocenters. The molecular formula is C19H25Cl2N3O2. The largest absolute Gasteiger partial charge is 0.493 e. The molecule has 142 valence electrons. The molecule has 0 aliphatic carbocycles. The van der Waals surface area contributed by atoms with E-state index in [0.717, 1.165) is 29.7 Å². The summed E-state index contributed by atoms with van der Waals surface area (Å²) in [5.74, 6) is 1.40. The van der Waals surface area contributed by atoms with Gasteiger partial charge in [0.15, 0.2) is 11.5 Å². The molecule has 0 N–H and O–H groups in total. The second-order valence-corrected chi connectivity index (χ2v) is 5.53. The number of anilines is 1. The van der Waals surface area contributed by atoms with Gasteiger partial charge in [-0.3, -0.25) is 0 Å². The van der Waals surface area contributed by atoms with Gasteiger partial charge in [0.2, 0.25) is 0 Å². The summed E-state index contributed by atoms with van der Waals surface area (Å²) in [6.45, 7) is 6.33. The van der Waals surface area contributed by atoms with Gasteiger partial charge >= 0.3 is 0 Å². The number of nitrogens with zero attached hydrogens (tertiary/aromatic N) is 3. The van der Waals surface area contributed by atoms with Crippen LogP contribution in [0.5, 0.6) is 11.5 Å². The Morgan fingerprint density at radius 2 is 1.50 bits per heavy atom. The predicted octanol–water partition coefficient (Wildman–Crippen LogP) is 4.73. The van der Waals surface area contributed by atoms with Crippen molar-refractivity contribution in [1.82, 2.24) is 9.78 Å². The van der Waals surface area contributed by atoms with Crippen molar-refractivity contribution in [2.75, 3.05) is 32.2 Å². The van der Waals surface area contributed by atoms with Crippen molar-refractivity contribution in [3.05, 3.63) is 42.6 Å². The van der Waals surface area contributed by atoms with Gasteiger partial charge < -0.3 is 14.4 Å². The van der Waals surface area contributed by atoms with E-state index in [0.29, 0.717) is 11.5 Å². The van der Waals surface area contributed by atoms with Crippen LogP contribution in [0.2, 0.25) is 0 Å². The number of aromatic nitrogens is 2. The SMILES string of the molecule is CCN(CC)c1ccc(-n2cc3cc(OC)c(OC)cc3n2)cc1.Cl.Cl. The molecule has 0 saturated heterocycles. The lowest BCUT2D eigenvalue weighted by Crippen LogP contribution is -2.21. The summed E-state index contributed by atoms with van der Waals surface area (Å²) in [7, 11) is 3.27. The van der Waals surface area contributed by atoms with Gasteiger partial charge in [-0.2, -0.15) is 5.10 Å². The molecule has 0 fully saturated rings. The van der Waals surface area contributed by atoms with Crippen LogP contribution in [0.15, 0.2) is 42.6 Å². The van der Waals surface area contributed by atoms with Crippen LogP contribution >= 0.6 is 24.8 Å². The van der Waals surface area contributed by atoms with Gasteiger partial charge in [0.1, 0.15) is 0 Å². The predicted molar refractivity (Wildman–Crippen MR) is 112 cm³/mol. The van der Waals surface area contributed by atoms with E-state index < -0.39 is 0 Å². The first kappa shape index (κ1) is 21.9. The molecule has 0 atom stereocenters. The fourth-order valence-corrected chi connectivity index (χ4v) is 2.89. The second-order valence-electron chi connectivity index (χ2n) is 5.53. The molecule has 3 rings (SSSR count). The van der Waals surface area contributed by atoms with Crippen molar-refractivity contribution in [3.63, 3.8) is 0 Å². The maximum absolute atomic E-state index is 5.36. The van der Waals surface area contributed by atoms with Crippen LogP contribution in [-0.2, 0) is 0 Å². The van der Waals surface area contributed by atoms with Crippen molar-refractivity contribution >= 4 is 41.4 Å². The molecule has 3 aromatic rings. The van der Waals surface area contributed by atoms with Crippen LogP contribution in [0.4, 0.5) is 5.69 Å². The molecule has 0 amide bonds. The Labute approximate surface area is 166 Å². The van der Waals surface area contributed by atoms with E-state index in [-0.39, 0.29) is 24.8 Å². The third-order valence-corrected chi connectivity index (χ3v) is 4.25. The minimum Gasteiger partial charge on any atom is -0.493 e. The van der Waals surface area contributed by atoms with Crippen LogP contribution < -0.4 is 14.4 Å². The minimum absolute atomic E-state index is 0. The first-order valence-electron chi connectivity index (χ1n) is 8.17. The summed E-state index contributed by atoms with van der Waals surface area (Å²) in [4.78, 5) is 2.32. The normalized spacial score (nSPS) is 10.0. The molecule has 0 radical (unpaired) electrons. The number of methoxy groups -OCH3 is 2. The van der Waals surface area contributed by atoms with Gasteiger partial charge in [-0.25, -0.2) is 4.68 Å². The van der Waals surface area contributed by atoms with Crippen LogP contribution in [0.3, 0.4) is 0 Å². The van der Waals surface area contributed by atoms with Gasteiger partial charge in [0.25, 0.3) is 0 Å². The highest BCUT2D eigenvalue weighted by atomic mass is 35.5. The Balaban J connectivity index is 0.00000169. The molecule has 7 heteroatoms. The summed E-state index contributed by atoms with van der Waals surface area (Å²) in [6.07, 6.45) is 2.00. The van der Waals surface area contributed by atoms with Gasteiger partial charge in [0, 0.05) is 36.4 Å². The lowest BCUT2D eigenvalue weighted by Gasteiger charge is -2.21. The molecule has 26 heavy (non-hydrogen) atoms. The smallest absolute Gasteiger partial charge is 0.162 e. The molecule has 2 aromatic carbocycles. The number of ether oxygens (including phenoxy) is 2. The number of hydrogen-bond donors (Lipinski definition) is 0. The van der Waals surface area contributed by atoms with Crippen LogP contribution in [0.1, 0.15) is 13.8 Å². The van der Waals surface area contributed by atoms with E-state index in [1.54, 1.807) is 14.2 Å². The first-order chi connectivity index (χ1) is 11.7. The minimum atomic E-state index is 0. The van der Waals surface area contributed by atoms with Crippen molar-refractivity contribution in [3.8, 4) is 17.2 Å². The zero-order valence-electron chi connectivity index (χ0n) is 15.4. The molecule has 0 aliphatic heterocycles. The average molecular weight is 398 g/mol. The molecular weight excluding hydrogens is 373 g/mol. The monoisotopic (exact) mass is 397 g/mol. The maximum Gasteiger partial charge on any atom is 0.162 e. The van der Waals surface area contributed by atoms with E-state index in [4.69, 9.17) is 9.47 Å². The summed E-state index contributed by atoms with van der Waals surface area (Å²) < 4.78 is 12.6. The molecule has 0 saturated carbocycles. The highest BCUT2D eigenvalue weighted by molar-refractivity contribution is 5.85. The third-order valence-electron chi connectivity index (χ3n) is 4.25. The summed E-state index contributed by atoms with van der Waals surface area (Å²) in [5, 5.41) is 5.66. The molecule has 1 heterocycles. The highest BCUT2D eigenvalue weighted by Gasteiger charge is 2.10. The molecule has 5 nitrogen and oxygen atoms in total. The van der Waals surface area contributed by atoms with E-state index in [1.807, 2.05) is 23.0 Å². The number of benzene rings is 2. The summed E-state index contributed by atoms with van der Waals surface area (Å²) >= 11 is 0. The fraction of sp³-hybridized carbons (Fsp3) is 0.316. The Hall–Kier alpha value is -2.11. The van der Waals surface area contributed by atoms with Crippen molar-refractivity contribution < 1.29 is 9.47 Å². The van der Waals surface area contributed by atoms with Gasteiger partial charge in [-0.05, 0) is 44.2 Å². The Bertz CT molecular complexity index is 790. The lowest BCUT2D eigenvalue weighted by molar-refractivity contribution is 0.356. The van der Waals surface area contributed by atoms with Crippen LogP contribution in [0, 0.1) is 0 Å². The van der Waals surface area contributed by atoms with Crippen LogP contribution in [0.25, 0.3) is 16.6 Å². The van der Waals surface area contributed by atoms with Gasteiger partial charge in [-0.15, -0.1) is 24.8 Å². The Kier molecular flexibility index (Phi) is 8.06. The van der Waals surface area contributed by atoms with Gasteiger partial charge in [-0.1, -0.05) is 0 Å². The molecule has 0 aliphatic rings. The average Bonchev–Trinajstić information content (AvgIpc) is 3.05. The van der Waals surface area contributed by atoms with Gasteiger partial charge in [0.05, 0.1) is 25.4 Å². The number of rotatable bonds is 6. The fourth-order valence-electron chi connectivity index (χ4n) is 2.89. The Morgan fingerprint density at radius 1 is 0.923 bits per heavy atom. The van der Waals surface area contributed by atoms with Crippen LogP contribution in [-0.4, -0.2) is 37.1 Å². The molecule has 0 bridgehead atoms. The third kappa shape index (κ3) is 4.17. The van der Waals surface area contributed by atoms with E-state index in [1.165, 1.54) is 5.69 Å². The zero-order chi connectivity index (χ0) is 17.1. The topological polar surface area (TPSA) is 39.5 Å². The van der Waals surface area contributed by atoms with Crippen molar-refractivity contribution in [2.45, 2.75) is 13.8 Å². The van der Waals surface area contributed by atoms with Crippen molar-refractivity contribution in [2.24, 2.45) is 0 Å². The molecule has 1 aromatic heterocycles. The van der Waals surface area contributed by atoms with E-state index >= 15 is 0 Å². The standard InChI is InChI=1S/C19H23N3O2.2ClH/c1-5-21(6-2)15-7-9-16(10-8-15)22-13-14-11-18(23-3)19(24-4)12-17(14)20-22;;/h7-13H,5-6H2,1-4H3;2*1H. The lowest BCUT2D eigenvalue weighted by atomic mass is 10.2. The summed E-state index contributed by atoms with van der Waals surface area (Å²) in [6, 6.07) is 12.3. The highest BCUT2D eigenvalue weighted by Crippen LogP contribution is 2.32. The number of hydrogen-bond acceptors (Lipinski definition) is 4. The zero-order valence-corrected chi connectivity index (χ0v) is 17.1. The van der Waals surface area contributed by atoms with E-state index in [9.17, 15) is 0 Å².